The van der Waals surface area contributed by atoms with Crippen LogP contribution >= 0.6 is 11.8 Å². The van der Waals surface area contributed by atoms with Crippen LogP contribution in [0.5, 0.6) is 0 Å². The maximum absolute atomic E-state index is 9.66. The van der Waals surface area contributed by atoms with E-state index in [1.54, 1.807) is 0 Å². The highest BCUT2D eigenvalue weighted by molar-refractivity contribution is 7.99. The van der Waals surface area contributed by atoms with Gasteiger partial charge in [0, 0.05) is 12.3 Å². The maximum Gasteiger partial charge on any atom is 0.209 e. The van der Waals surface area contributed by atoms with Crippen molar-refractivity contribution in [2.75, 3.05) is 18.8 Å². The first-order valence-corrected chi connectivity index (χ1v) is 6.59. The second kappa shape index (κ2) is 5.60. The van der Waals surface area contributed by atoms with Gasteiger partial charge in [-0.2, -0.15) is 0 Å². The van der Waals surface area contributed by atoms with Crippen LogP contribution in [0.4, 0.5) is 0 Å². The Kier molecular flexibility index (Phi) is 4.14. The van der Waals surface area contributed by atoms with Crippen LogP contribution < -0.4 is 5.32 Å². The zero-order valence-electron chi connectivity index (χ0n) is 9.33. The lowest BCUT2D eigenvalue weighted by molar-refractivity contribution is 0.196. The zero-order valence-corrected chi connectivity index (χ0v) is 10.2. The Balaban J connectivity index is 1.77. The van der Waals surface area contributed by atoms with Gasteiger partial charge < -0.3 is 10.4 Å². The average molecular weight is 243 g/mol. The molecule has 0 aliphatic heterocycles. The number of likely N-dealkylation sites (N-methyl/N-ethyl adjacent to an activating group) is 1. The summed E-state index contributed by atoms with van der Waals surface area (Å²) in [5.74, 6) is 0.625. The van der Waals surface area contributed by atoms with E-state index < -0.39 is 0 Å². The third-order valence-electron chi connectivity index (χ3n) is 2.39. The van der Waals surface area contributed by atoms with E-state index in [4.69, 9.17) is 0 Å². The first kappa shape index (κ1) is 11.8. The highest BCUT2D eigenvalue weighted by Gasteiger charge is 2.27. The van der Waals surface area contributed by atoms with Gasteiger partial charge in [-0.1, -0.05) is 18.7 Å². The molecule has 0 aromatic carbocycles. The van der Waals surface area contributed by atoms with Gasteiger partial charge in [-0.25, -0.2) is 4.68 Å². The fourth-order valence-electron chi connectivity index (χ4n) is 1.37. The van der Waals surface area contributed by atoms with Gasteiger partial charge in [0.25, 0.3) is 0 Å². The molecule has 1 saturated carbocycles. The highest BCUT2D eigenvalue weighted by atomic mass is 32.2. The van der Waals surface area contributed by atoms with Gasteiger partial charge in [0.2, 0.25) is 5.16 Å². The van der Waals surface area contributed by atoms with Crippen LogP contribution in [0.15, 0.2) is 5.16 Å². The number of hydrogen-bond acceptors (Lipinski definition) is 6. The molecule has 7 heteroatoms. The van der Waals surface area contributed by atoms with E-state index >= 15 is 0 Å². The van der Waals surface area contributed by atoms with Crippen LogP contribution in [0, 0.1) is 0 Å². The summed E-state index contributed by atoms with van der Waals surface area (Å²) in [6.07, 6.45) is 1.98. The summed E-state index contributed by atoms with van der Waals surface area (Å²) in [5, 5.41) is 25.2. The van der Waals surface area contributed by atoms with E-state index in [-0.39, 0.29) is 6.10 Å². The van der Waals surface area contributed by atoms with Gasteiger partial charge in [-0.15, -0.1) is 5.10 Å². The number of nitrogens with one attached hydrogen (secondary N) is 1. The molecule has 2 rings (SSSR count). The molecule has 1 heterocycles. The Morgan fingerprint density at radius 1 is 1.62 bits per heavy atom. The van der Waals surface area contributed by atoms with Crippen LogP contribution in [-0.4, -0.2) is 50.3 Å². The fraction of sp³-hybridized carbons (Fsp3) is 0.889. The van der Waals surface area contributed by atoms with Crippen LogP contribution in [0.25, 0.3) is 0 Å². The van der Waals surface area contributed by atoms with E-state index in [1.807, 2.05) is 11.6 Å². The van der Waals surface area contributed by atoms with Crippen LogP contribution in [0.2, 0.25) is 0 Å². The minimum Gasteiger partial charge on any atom is -0.391 e. The molecule has 1 unspecified atom stereocenters. The Bertz CT molecular complexity index is 327. The molecular formula is C9H17N5OS. The lowest BCUT2D eigenvalue weighted by Crippen LogP contribution is -2.28. The second-order valence-corrected chi connectivity index (χ2v) is 4.90. The molecule has 16 heavy (non-hydrogen) atoms. The van der Waals surface area contributed by atoms with Crippen molar-refractivity contribution in [1.82, 2.24) is 25.5 Å². The van der Waals surface area contributed by atoms with E-state index in [0.717, 1.165) is 11.7 Å². The normalized spacial score (nSPS) is 17.6. The minimum absolute atomic E-state index is 0.352. The summed E-state index contributed by atoms with van der Waals surface area (Å²) < 4.78 is 1.87. The molecule has 1 aliphatic carbocycles. The molecule has 0 radical (unpaired) electrons. The van der Waals surface area contributed by atoms with Gasteiger partial charge >= 0.3 is 0 Å². The summed E-state index contributed by atoms with van der Waals surface area (Å²) in [6.45, 7) is 3.52. The smallest absolute Gasteiger partial charge is 0.209 e. The van der Waals surface area contributed by atoms with Crippen LogP contribution in [0.3, 0.4) is 0 Å². The summed E-state index contributed by atoms with van der Waals surface area (Å²) in [6, 6.07) is 0.489. The summed E-state index contributed by atoms with van der Waals surface area (Å²) in [4.78, 5) is 0. The van der Waals surface area contributed by atoms with Gasteiger partial charge in [-0.3, -0.25) is 0 Å². The molecule has 1 aliphatic rings. The largest absolute Gasteiger partial charge is 0.391 e. The van der Waals surface area contributed by atoms with Crippen molar-refractivity contribution in [3.63, 3.8) is 0 Å². The van der Waals surface area contributed by atoms with E-state index in [1.165, 1.54) is 24.6 Å². The zero-order chi connectivity index (χ0) is 11.4. The van der Waals surface area contributed by atoms with Gasteiger partial charge in [-0.05, 0) is 29.8 Å². The molecular weight excluding hydrogens is 226 g/mol. The summed E-state index contributed by atoms with van der Waals surface area (Å²) in [5.41, 5.74) is 0. The number of aromatic nitrogens is 4. The molecule has 1 aromatic heterocycles. The number of rotatable bonds is 7. The second-order valence-electron chi connectivity index (χ2n) is 3.91. The number of aliphatic hydroxyl groups is 1. The van der Waals surface area contributed by atoms with Crippen molar-refractivity contribution < 1.29 is 5.11 Å². The topological polar surface area (TPSA) is 75.9 Å². The van der Waals surface area contributed by atoms with Crippen molar-refractivity contribution in [1.29, 1.82) is 0 Å². The van der Waals surface area contributed by atoms with Crippen molar-refractivity contribution in [3.8, 4) is 0 Å². The maximum atomic E-state index is 9.66. The van der Waals surface area contributed by atoms with Crippen molar-refractivity contribution in [3.05, 3.63) is 0 Å². The van der Waals surface area contributed by atoms with Crippen LogP contribution in [-0.2, 0) is 0 Å². The lowest BCUT2D eigenvalue weighted by atomic mass is 10.4. The third-order valence-corrected chi connectivity index (χ3v) is 3.47. The lowest BCUT2D eigenvalue weighted by Gasteiger charge is -2.09. The van der Waals surface area contributed by atoms with Crippen molar-refractivity contribution in [2.45, 2.75) is 37.1 Å². The molecule has 1 fully saturated rings. The van der Waals surface area contributed by atoms with E-state index in [0.29, 0.717) is 18.3 Å². The molecule has 0 saturated heterocycles. The number of nitrogens with zero attached hydrogens (tertiary/aromatic N) is 4. The molecule has 90 valence electrons. The third kappa shape index (κ3) is 3.16. The Labute approximate surface area is 98.8 Å². The standard InChI is InChI=1S/C9H17N5OS/c1-2-10-5-8(15)6-16-9-11-12-13-14(9)7-3-4-7/h7-8,10,15H,2-6H2,1H3. The first-order chi connectivity index (χ1) is 7.81. The molecule has 0 amide bonds. The SMILES string of the molecule is CCNCC(O)CSc1nnnn1C1CC1. The van der Waals surface area contributed by atoms with Crippen LogP contribution in [0.1, 0.15) is 25.8 Å². The summed E-state index contributed by atoms with van der Waals surface area (Å²) >= 11 is 1.52. The van der Waals surface area contributed by atoms with Gasteiger partial charge in [0.15, 0.2) is 0 Å². The van der Waals surface area contributed by atoms with Crippen molar-refractivity contribution in [2.24, 2.45) is 0 Å². The Morgan fingerprint density at radius 3 is 3.12 bits per heavy atom. The van der Waals surface area contributed by atoms with Gasteiger partial charge in [0.05, 0.1) is 12.1 Å². The molecule has 0 spiro atoms. The average Bonchev–Trinajstić information content (AvgIpc) is 3.03. The van der Waals surface area contributed by atoms with E-state index in [2.05, 4.69) is 20.8 Å². The quantitative estimate of drug-likeness (QED) is 0.660. The molecule has 1 aromatic rings. The number of aliphatic hydroxyl groups excluding tert-OH is 1. The summed E-state index contributed by atoms with van der Waals surface area (Å²) in [7, 11) is 0. The molecule has 6 nitrogen and oxygen atoms in total. The van der Waals surface area contributed by atoms with Gasteiger partial charge in [0.1, 0.15) is 0 Å². The Morgan fingerprint density at radius 2 is 2.44 bits per heavy atom. The highest BCUT2D eigenvalue weighted by Crippen LogP contribution is 2.36. The Hall–Kier alpha value is -0.660. The molecule has 2 N–H and O–H groups in total. The minimum atomic E-state index is -0.352. The molecule has 0 bridgehead atoms. The number of tetrazole rings is 1. The first-order valence-electron chi connectivity index (χ1n) is 5.60. The fourth-order valence-corrected chi connectivity index (χ4v) is 2.24. The number of thioether (sulfide) groups is 1. The number of hydrogen-bond donors (Lipinski definition) is 2. The predicted molar refractivity (Wildman–Crippen MR) is 61.4 cm³/mol. The van der Waals surface area contributed by atoms with Crippen molar-refractivity contribution >= 4 is 11.8 Å². The predicted octanol–water partition coefficient (Wildman–Crippen LogP) is 0.0705. The monoisotopic (exact) mass is 243 g/mol. The van der Waals surface area contributed by atoms with E-state index in [9.17, 15) is 5.11 Å². The molecule has 1 atom stereocenters.